The predicted molar refractivity (Wildman–Crippen MR) is 100 cm³/mol. The second kappa shape index (κ2) is 6.84. The minimum absolute atomic E-state index is 0.0259. The lowest BCUT2D eigenvalue weighted by Crippen LogP contribution is -2.26. The number of nitrogens with zero attached hydrogens (tertiary/aromatic N) is 4. The van der Waals surface area contributed by atoms with Crippen LogP contribution in [-0.4, -0.2) is 25.2 Å². The first-order chi connectivity index (χ1) is 12.7. The van der Waals surface area contributed by atoms with Gasteiger partial charge in [-0.3, -0.25) is 14.5 Å². The van der Waals surface area contributed by atoms with Gasteiger partial charge in [0.1, 0.15) is 6.54 Å². The second-order valence-corrected chi connectivity index (χ2v) is 6.17. The van der Waals surface area contributed by atoms with E-state index in [-0.39, 0.29) is 5.91 Å². The van der Waals surface area contributed by atoms with Gasteiger partial charge in [0.05, 0.1) is 11.4 Å². The van der Waals surface area contributed by atoms with E-state index in [0.717, 1.165) is 27.9 Å². The van der Waals surface area contributed by atoms with Crippen LogP contribution < -0.4 is 5.32 Å². The third-order valence-corrected chi connectivity index (χ3v) is 4.39. The molecule has 0 aliphatic carbocycles. The van der Waals surface area contributed by atoms with Crippen LogP contribution in [0.1, 0.15) is 5.56 Å². The zero-order valence-corrected chi connectivity index (χ0v) is 14.5. The minimum Gasteiger partial charge on any atom is -0.350 e. The third-order valence-electron chi connectivity index (χ3n) is 4.39. The highest BCUT2D eigenvalue weighted by molar-refractivity contribution is 5.83. The fourth-order valence-corrected chi connectivity index (χ4v) is 3.00. The monoisotopic (exact) mass is 345 g/mol. The molecule has 130 valence electrons. The number of fused-ring (bicyclic) bond motifs is 1. The molecule has 1 N–H and O–H groups in total. The Morgan fingerprint density at radius 3 is 2.77 bits per heavy atom. The van der Waals surface area contributed by atoms with Gasteiger partial charge in [-0.05, 0) is 35.2 Å². The first-order valence-corrected chi connectivity index (χ1v) is 8.44. The summed E-state index contributed by atoms with van der Waals surface area (Å²) in [6.45, 7) is 0.755. The van der Waals surface area contributed by atoms with E-state index in [0.29, 0.717) is 13.1 Å². The first kappa shape index (κ1) is 16.1. The Labute approximate surface area is 151 Å². The van der Waals surface area contributed by atoms with E-state index in [4.69, 9.17) is 0 Å². The quantitative estimate of drug-likeness (QED) is 0.605. The zero-order valence-electron chi connectivity index (χ0n) is 14.5. The topological polar surface area (TPSA) is 64.7 Å². The highest BCUT2D eigenvalue weighted by Crippen LogP contribution is 2.16. The van der Waals surface area contributed by atoms with E-state index in [1.54, 1.807) is 17.1 Å². The van der Waals surface area contributed by atoms with Crippen molar-refractivity contribution in [2.45, 2.75) is 13.1 Å². The van der Waals surface area contributed by atoms with Gasteiger partial charge in [-0.2, -0.15) is 5.10 Å². The van der Waals surface area contributed by atoms with E-state index in [1.807, 2.05) is 66.3 Å². The lowest BCUT2D eigenvalue weighted by Gasteiger charge is -2.08. The minimum atomic E-state index is -0.0259. The van der Waals surface area contributed by atoms with Gasteiger partial charge in [-0.25, -0.2) is 0 Å². The summed E-state index contributed by atoms with van der Waals surface area (Å²) >= 11 is 0. The third kappa shape index (κ3) is 3.21. The SMILES string of the molecule is Cn1nccc1-c1ccc(CNC(=O)Cn2ccc3ccccc32)cn1. The highest BCUT2D eigenvalue weighted by Gasteiger charge is 2.07. The molecule has 6 nitrogen and oxygen atoms in total. The number of hydrogen-bond donors (Lipinski definition) is 1. The maximum absolute atomic E-state index is 12.3. The van der Waals surface area contributed by atoms with E-state index in [2.05, 4.69) is 15.4 Å². The summed E-state index contributed by atoms with van der Waals surface area (Å²) in [6, 6.07) is 15.9. The number of aryl methyl sites for hydroxylation is 1. The molecule has 0 unspecified atom stereocenters. The molecule has 0 spiro atoms. The molecule has 0 aliphatic heterocycles. The molecule has 0 bridgehead atoms. The number of carbonyl (C=O) groups excluding carboxylic acids is 1. The van der Waals surface area contributed by atoms with Gasteiger partial charge in [0.2, 0.25) is 5.91 Å². The molecule has 1 amide bonds. The molecule has 0 saturated carbocycles. The van der Waals surface area contributed by atoms with Gasteiger partial charge >= 0.3 is 0 Å². The number of benzene rings is 1. The lowest BCUT2D eigenvalue weighted by atomic mass is 10.2. The summed E-state index contributed by atoms with van der Waals surface area (Å²) in [7, 11) is 1.89. The molecule has 3 heterocycles. The Morgan fingerprint density at radius 2 is 2.00 bits per heavy atom. The van der Waals surface area contributed by atoms with Crippen molar-refractivity contribution in [3.05, 3.63) is 72.7 Å². The van der Waals surface area contributed by atoms with Crippen LogP contribution in [0.2, 0.25) is 0 Å². The molecule has 6 heteroatoms. The van der Waals surface area contributed by atoms with Crippen molar-refractivity contribution in [3.8, 4) is 11.4 Å². The van der Waals surface area contributed by atoms with Crippen molar-refractivity contribution in [2.75, 3.05) is 0 Å². The van der Waals surface area contributed by atoms with E-state index in [1.165, 1.54) is 0 Å². The smallest absolute Gasteiger partial charge is 0.240 e. The summed E-state index contributed by atoms with van der Waals surface area (Å²) in [5.41, 5.74) is 3.84. The molecule has 4 aromatic rings. The molecular weight excluding hydrogens is 326 g/mol. The average Bonchev–Trinajstić information content (AvgIpc) is 3.27. The van der Waals surface area contributed by atoms with Crippen LogP contribution in [0.4, 0.5) is 0 Å². The molecule has 3 aromatic heterocycles. The summed E-state index contributed by atoms with van der Waals surface area (Å²) in [5.74, 6) is -0.0259. The van der Waals surface area contributed by atoms with Crippen molar-refractivity contribution in [1.29, 1.82) is 0 Å². The van der Waals surface area contributed by atoms with Crippen molar-refractivity contribution < 1.29 is 4.79 Å². The molecule has 1 aromatic carbocycles. The largest absolute Gasteiger partial charge is 0.350 e. The Morgan fingerprint density at radius 1 is 1.12 bits per heavy atom. The van der Waals surface area contributed by atoms with E-state index >= 15 is 0 Å². The fourth-order valence-electron chi connectivity index (χ4n) is 3.00. The van der Waals surface area contributed by atoms with Crippen LogP contribution in [0.5, 0.6) is 0 Å². The van der Waals surface area contributed by atoms with Crippen LogP contribution in [0.25, 0.3) is 22.3 Å². The standard InChI is InChI=1S/C20H19N5O/c1-24-19(8-10-23-24)17-7-6-15(12-21-17)13-22-20(26)14-25-11-9-16-4-2-3-5-18(16)25/h2-12H,13-14H2,1H3,(H,22,26). The van der Waals surface area contributed by atoms with Gasteiger partial charge in [-0.1, -0.05) is 24.3 Å². The molecular formula is C20H19N5O. The molecule has 0 atom stereocenters. The Hall–Kier alpha value is -3.41. The predicted octanol–water partition coefficient (Wildman–Crippen LogP) is 2.75. The number of pyridine rings is 1. The summed E-state index contributed by atoms with van der Waals surface area (Å²) in [5, 5.41) is 8.23. The van der Waals surface area contributed by atoms with Crippen molar-refractivity contribution >= 4 is 16.8 Å². The molecule has 26 heavy (non-hydrogen) atoms. The van der Waals surface area contributed by atoms with Crippen LogP contribution >= 0.6 is 0 Å². The van der Waals surface area contributed by atoms with Gasteiger partial charge in [0.15, 0.2) is 0 Å². The van der Waals surface area contributed by atoms with Gasteiger partial charge in [0, 0.05) is 37.7 Å². The van der Waals surface area contributed by atoms with E-state index in [9.17, 15) is 4.79 Å². The Kier molecular flexibility index (Phi) is 4.23. The molecule has 4 rings (SSSR count). The summed E-state index contributed by atoms with van der Waals surface area (Å²) < 4.78 is 3.74. The number of hydrogen-bond acceptors (Lipinski definition) is 3. The number of carbonyl (C=O) groups is 1. The van der Waals surface area contributed by atoms with Crippen LogP contribution in [-0.2, 0) is 24.9 Å². The van der Waals surface area contributed by atoms with Crippen LogP contribution in [0, 0.1) is 0 Å². The first-order valence-electron chi connectivity index (χ1n) is 8.44. The maximum Gasteiger partial charge on any atom is 0.240 e. The lowest BCUT2D eigenvalue weighted by molar-refractivity contribution is -0.121. The normalized spacial score (nSPS) is 11.0. The van der Waals surface area contributed by atoms with Crippen LogP contribution in [0.15, 0.2) is 67.1 Å². The fraction of sp³-hybridized carbons (Fsp3) is 0.150. The van der Waals surface area contributed by atoms with Crippen molar-refractivity contribution in [1.82, 2.24) is 24.6 Å². The number of nitrogens with one attached hydrogen (secondary N) is 1. The average molecular weight is 345 g/mol. The number of amides is 1. The number of rotatable bonds is 5. The van der Waals surface area contributed by atoms with Gasteiger partial charge in [0.25, 0.3) is 0 Å². The highest BCUT2D eigenvalue weighted by atomic mass is 16.1. The Balaban J connectivity index is 1.38. The zero-order chi connectivity index (χ0) is 17.9. The molecule has 0 aliphatic rings. The van der Waals surface area contributed by atoms with Gasteiger partial charge < -0.3 is 9.88 Å². The molecule has 0 radical (unpaired) electrons. The number of para-hydroxylation sites is 1. The second-order valence-electron chi connectivity index (χ2n) is 6.17. The maximum atomic E-state index is 12.3. The van der Waals surface area contributed by atoms with Gasteiger partial charge in [-0.15, -0.1) is 0 Å². The molecule has 0 saturated heterocycles. The Bertz CT molecular complexity index is 1050. The van der Waals surface area contributed by atoms with Crippen molar-refractivity contribution in [2.24, 2.45) is 7.05 Å². The van der Waals surface area contributed by atoms with Crippen LogP contribution in [0.3, 0.4) is 0 Å². The summed E-state index contributed by atoms with van der Waals surface area (Å²) in [6.07, 6.45) is 5.47. The number of aromatic nitrogens is 4. The van der Waals surface area contributed by atoms with E-state index < -0.39 is 0 Å². The molecule has 0 fully saturated rings. The van der Waals surface area contributed by atoms with Crippen molar-refractivity contribution in [3.63, 3.8) is 0 Å². The summed E-state index contributed by atoms with van der Waals surface area (Å²) in [4.78, 5) is 16.7.